The zero-order valence-corrected chi connectivity index (χ0v) is 17.0. The molecule has 2 aromatic carbocycles. The highest BCUT2D eigenvalue weighted by Gasteiger charge is 2.13. The van der Waals surface area contributed by atoms with Crippen LogP contribution < -0.4 is 11.1 Å². The average molecular weight is 426 g/mol. The van der Waals surface area contributed by atoms with Crippen LogP contribution in [0, 0.1) is 10.1 Å². The molecule has 0 aliphatic carbocycles. The quantitative estimate of drug-likeness (QED) is 0.275. The second-order valence-corrected chi connectivity index (χ2v) is 6.81. The molecule has 0 aliphatic heterocycles. The summed E-state index contributed by atoms with van der Waals surface area (Å²) in [4.78, 5) is 35.4. The maximum absolute atomic E-state index is 12.2. The number of rotatable bonds is 9. The number of nitro benzene ring substituents is 1. The molecule has 0 saturated carbocycles. The maximum atomic E-state index is 12.2. The van der Waals surface area contributed by atoms with E-state index in [1.807, 2.05) is 30.3 Å². The van der Waals surface area contributed by atoms with Gasteiger partial charge in [-0.15, -0.1) is 0 Å². The Hall–Kier alpha value is -3.59. The summed E-state index contributed by atoms with van der Waals surface area (Å²) >= 11 is 5.32. The molecule has 0 heterocycles. The van der Waals surface area contributed by atoms with Gasteiger partial charge in [0.1, 0.15) is 0 Å². The van der Waals surface area contributed by atoms with Gasteiger partial charge in [-0.05, 0) is 35.8 Å². The predicted molar refractivity (Wildman–Crippen MR) is 118 cm³/mol. The lowest BCUT2D eigenvalue weighted by Crippen LogP contribution is -2.44. The number of nitrogens with two attached hydrogens (primary N) is 1. The molecule has 156 valence electrons. The van der Waals surface area contributed by atoms with Crippen LogP contribution in [-0.2, 0) is 16.0 Å². The summed E-state index contributed by atoms with van der Waals surface area (Å²) < 4.78 is 0. The minimum Gasteiger partial charge on any atom is -0.370 e. The zero-order chi connectivity index (χ0) is 21.9. The Kier molecular flexibility index (Phi) is 8.64. The normalized spacial score (nSPS) is 10.5. The van der Waals surface area contributed by atoms with Crippen molar-refractivity contribution in [1.29, 1.82) is 0 Å². The number of non-ortho nitro benzene ring substituents is 1. The van der Waals surface area contributed by atoms with Crippen molar-refractivity contribution in [3.05, 3.63) is 81.9 Å². The van der Waals surface area contributed by atoms with Gasteiger partial charge in [-0.3, -0.25) is 25.0 Å². The van der Waals surface area contributed by atoms with Crippen molar-refractivity contribution >= 4 is 40.9 Å². The van der Waals surface area contributed by atoms with Crippen LogP contribution in [0.5, 0.6) is 0 Å². The fraction of sp³-hybridized carbons (Fsp3) is 0.190. The molecule has 0 aliphatic rings. The number of hydrogen-bond acceptors (Lipinski definition) is 5. The number of nitro groups is 1. The number of amides is 2. The maximum Gasteiger partial charge on any atom is 0.270 e. The third kappa shape index (κ3) is 7.80. The van der Waals surface area contributed by atoms with Crippen LogP contribution in [0.4, 0.5) is 5.69 Å². The summed E-state index contributed by atoms with van der Waals surface area (Å²) in [6.45, 7) is 0.793. The molecule has 0 aromatic heterocycles. The first-order chi connectivity index (χ1) is 14.3. The van der Waals surface area contributed by atoms with Crippen molar-refractivity contribution in [2.45, 2.75) is 12.8 Å². The van der Waals surface area contributed by atoms with Crippen LogP contribution in [0.1, 0.15) is 17.5 Å². The van der Waals surface area contributed by atoms with Crippen LogP contribution in [0.15, 0.2) is 60.7 Å². The number of carbonyl (C=O) groups excluding carboxylic acids is 2. The van der Waals surface area contributed by atoms with E-state index in [1.165, 1.54) is 30.4 Å². The Bertz CT molecular complexity index is 947. The molecule has 0 radical (unpaired) electrons. The molecular formula is C21H22N4O4S. The summed E-state index contributed by atoms with van der Waals surface area (Å²) in [6, 6.07) is 15.7. The Morgan fingerprint density at radius 1 is 1.13 bits per heavy atom. The average Bonchev–Trinajstić information content (AvgIpc) is 2.73. The molecule has 0 spiro atoms. The Labute approximate surface area is 179 Å². The summed E-state index contributed by atoms with van der Waals surface area (Å²) in [5.41, 5.74) is 6.79. The monoisotopic (exact) mass is 426 g/mol. The number of benzene rings is 2. The van der Waals surface area contributed by atoms with Crippen LogP contribution in [0.2, 0.25) is 0 Å². The van der Waals surface area contributed by atoms with E-state index in [2.05, 4.69) is 5.32 Å². The van der Waals surface area contributed by atoms with Gasteiger partial charge >= 0.3 is 0 Å². The zero-order valence-electron chi connectivity index (χ0n) is 16.2. The van der Waals surface area contributed by atoms with Crippen LogP contribution >= 0.6 is 12.2 Å². The molecule has 2 aromatic rings. The minimum absolute atomic E-state index is 0.0633. The third-order valence-corrected chi connectivity index (χ3v) is 4.53. The standard InChI is InChI=1S/C21H22N4O4S/c22-19(26)12-14-24(13-11-16-5-2-1-3-6-16)21(30)23-20(27)10-9-17-7-4-8-18(15-17)25(28)29/h1-10,15H,11-14H2,(H2,22,26)(H,23,27,30)/b10-9+. The number of carbonyl (C=O) groups is 2. The molecule has 0 unspecified atom stereocenters. The first-order valence-electron chi connectivity index (χ1n) is 9.20. The number of nitrogens with one attached hydrogen (secondary N) is 1. The molecule has 30 heavy (non-hydrogen) atoms. The molecule has 8 nitrogen and oxygen atoms in total. The molecule has 0 atom stereocenters. The Morgan fingerprint density at radius 3 is 2.53 bits per heavy atom. The van der Waals surface area contributed by atoms with E-state index in [0.29, 0.717) is 18.5 Å². The largest absolute Gasteiger partial charge is 0.370 e. The number of hydrogen-bond donors (Lipinski definition) is 2. The Balaban J connectivity index is 1.98. The summed E-state index contributed by atoms with van der Waals surface area (Å²) in [6.07, 6.45) is 3.49. The fourth-order valence-electron chi connectivity index (χ4n) is 2.61. The van der Waals surface area contributed by atoms with E-state index in [1.54, 1.807) is 11.0 Å². The van der Waals surface area contributed by atoms with E-state index in [-0.39, 0.29) is 23.8 Å². The molecule has 2 amide bonds. The van der Waals surface area contributed by atoms with Crippen molar-refractivity contribution in [3.8, 4) is 0 Å². The molecule has 0 saturated heterocycles. The lowest BCUT2D eigenvalue weighted by molar-refractivity contribution is -0.384. The highest BCUT2D eigenvalue weighted by molar-refractivity contribution is 7.80. The van der Waals surface area contributed by atoms with Crippen molar-refractivity contribution in [1.82, 2.24) is 10.2 Å². The smallest absolute Gasteiger partial charge is 0.270 e. The fourth-order valence-corrected chi connectivity index (χ4v) is 2.89. The molecule has 0 fully saturated rings. The van der Waals surface area contributed by atoms with Gasteiger partial charge in [-0.1, -0.05) is 42.5 Å². The number of nitrogens with zero attached hydrogens (tertiary/aromatic N) is 2. The summed E-state index contributed by atoms with van der Waals surface area (Å²) in [5.74, 6) is -0.935. The van der Waals surface area contributed by atoms with Crippen LogP contribution in [-0.4, -0.2) is 39.8 Å². The third-order valence-electron chi connectivity index (χ3n) is 4.17. The summed E-state index contributed by atoms with van der Waals surface area (Å²) in [5, 5.41) is 13.6. The van der Waals surface area contributed by atoms with E-state index in [4.69, 9.17) is 18.0 Å². The minimum atomic E-state index is -0.504. The van der Waals surface area contributed by atoms with Gasteiger partial charge in [-0.25, -0.2) is 0 Å². The molecule has 9 heteroatoms. The number of thiocarbonyl (C=S) groups is 1. The first kappa shape index (κ1) is 22.7. The van der Waals surface area contributed by atoms with Crippen molar-refractivity contribution in [3.63, 3.8) is 0 Å². The molecular weight excluding hydrogens is 404 g/mol. The van der Waals surface area contributed by atoms with Crippen molar-refractivity contribution in [2.24, 2.45) is 5.73 Å². The topological polar surface area (TPSA) is 119 Å². The van der Waals surface area contributed by atoms with Gasteiger partial charge in [0.2, 0.25) is 11.8 Å². The van der Waals surface area contributed by atoms with Crippen LogP contribution in [0.3, 0.4) is 0 Å². The second kappa shape index (κ2) is 11.4. The SMILES string of the molecule is NC(=O)CCN(CCc1ccccc1)C(=S)NC(=O)/C=C/c1cccc([N+](=O)[O-])c1. The van der Waals surface area contributed by atoms with Crippen molar-refractivity contribution < 1.29 is 14.5 Å². The van der Waals surface area contributed by atoms with Crippen LogP contribution in [0.25, 0.3) is 6.08 Å². The van der Waals surface area contributed by atoms with E-state index >= 15 is 0 Å². The van der Waals surface area contributed by atoms with E-state index < -0.39 is 16.7 Å². The number of primary amides is 1. The van der Waals surface area contributed by atoms with Gasteiger partial charge < -0.3 is 10.6 Å². The van der Waals surface area contributed by atoms with E-state index in [9.17, 15) is 19.7 Å². The molecule has 0 bridgehead atoms. The molecule has 3 N–H and O–H groups in total. The first-order valence-corrected chi connectivity index (χ1v) is 9.60. The highest BCUT2D eigenvalue weighted by atomic mass is 32.1. The van der Waals surface area contributed by atoms with Gasteiger partial charge in [0.05, 0.1) is 4.92 Å². The second-order valence-electron chi connectivity index (χ2n) is 6.42. The highest BCUT2D eigenvalue weighted by Crippen LogP contribution is 2.14. The summed E-state index contributed by atoms with van der Waals surface area (Å²) in [7, 11) is 0. The van der Waals surface area contributed by atoms with Gasteiger partial charge in [0.25, 0.3) is 5.69 Å². The molecule has 2 rings (SSSR count). The van der Waals surface area contributed by atoms with Gasteiger partial charge in [0, 0.05) is 37.7 Å². The predicted octanol–water partition coefficient (Wildman–Crippen LogP) is 2.43. The van der Waals surface area contributed by atoms with Gasteiger partial charge in [0.15, 0.2) is 5.11 Å². The van der Waals surface area contributed by atoms with E-state index in [0.717, 1.165) is 5.56 Å². The van der Waals surface area contributed by atoms with Crippen molar-refractivity contribution in [2.75, 3.05) is 13.1 Å². The Morgan fingerprint density at radius 2 is 1.87 bits per heavy atom. The lowest BCUT2D eigenvalue weighted by atomic mass is 10.1. The lowest BCUT2D eigenvalue weighted by Gasteiger charge is -2.24. The van der Waals surface area contributed by atoms with Gasteiger partial charge in [-0.2, -0.15) is 0 Å².